The van der Waals surface area contributed by atoms with Crippen LogP contribution in [0.4, 0.5) is 22.0 Å². The topological polar surface area (TPSA) is 114 Å². The van der Waals surface area contributed by atoms with E-state index in [2.05, 4.69) is 32.5 Å². The summed E-state index contributed by atoms with van der Waals surface area (Å²) in [5.41, 5.74) is 9.78. The molecule has 224 valence electrons. The van der Waals surface area contributed by atoms with Gasteiger partial charge in [-0.2, -0.15) is 5.10 Å². The Kier molecular flexibility index (Phi) is 8.91. The van der Waals surface area contributed by atoms with E-state index in [9.17, 15) is 4.79 Å². The zero-order chi connectivity index (χ0) is 30.0. The van der Waals surface area contributed by atoms with Crippen molar-refractivity contribution in [3.8, 4) is 11.1 Å². The number of halogens is 1. The zero-order valence-electron chi connectivity index (χ0n) is 24.6. The van der Waals surface area contributed by atoms with Crippen LogP contribution in [0.25, 0.3) is 11.1 Å². The number of nitrogens with zero attached hydrogens (tertiary/aromatic N) is 5. The fourth-order valence-corrected chi connectivity index (χ4v) is 5.45. The Labute approximate surface area is 257 Å². The summed E-state index contributed by atoms with van der Waals surface area (Å²) in [5, 5.41) is 11.6. The third-order valence-electron chi connectivity index (χ3n) is 7.54. The molecule has 12 heteroatoms. The fraction of sp³-hybridized carbons (Fsp3) is 0.467. The van der Waals surface area contributed by atoms with Crippen LogP contribution < -0.4 is 16.4 Å². The average molecular weight is 611 g/mol. The summed E-state index contributed by atoms with van der Waals surface area (Å²) in [6.07, 6.45) is 7.87. The van der Waals surface area contributed by atoms with Crippen molar-refractivity contribution in [1.29, 1.82) is 0 Å². The molecule has 2 aromatic heterocycles. The van der Waals surface area contributed by atoms with Crippen LogP contribution in [0, 0.1) is 5.92 Å². The smallest absolute Gasteiger partial charge is 0.410 e. The van der Waals surface area contributed by atoms with Gasteiger partial charge in [0.2, 0.25) is 0 Å². The molecule has 1 amide bonds. The highest BCUT2D eigenvalue weighted by Gasteiger charge is 2.28. The molecule has 2 aliphatic rings. The first kappa shape index (κ1) is 30.1. The van der Waals surface area contributed by atoms with E-state index in [4.69, 9.17) is 34.3 Å². The average Bonchev–Trinajstić information content (AvgIpc) is 3.64. The summed E-state index contributed by atoms with van der Waals surface area (Å²) in [4.78, 5) is 21.0. The molecule has 0 bridgehead atoms. The SMILES string of the molecule is CC(c1ccnc(NC(=S)Nc2ccc(-c3cnn(CC4CC4)c3)c(Cl)c2N)c1)N1CCN(C(=O)OC(C)(C)C)CC1. The van der Waals surface area contributed by atoms with Crippen molar-refractivity contribution < 1.29 is 9.53 Å². The van der Waals surface area contributed by atoms with Crippen LogP contribution in [0.3, 0.4) is 0 Å². The molecule has 5 rings (SSSR count). The van der Waals surface area contributed by atoms with Crippen molar-refractivity contribution in [3.63, 3.8) is 0 Å². The Hall–Kier alpha value is -3.41. The highest BCUT2D eigenvalue weighted by atomic mass is 35.5. The van der Waals surface area contributed by atoms with Crippen molar-refractivity contribution >= 4 is 52.2 Å². The second-order valence-corrected chi connectivity index (χ2v) is 12.8. The van der Waals surface area contributed by atoms with Gasteiger partial charge in [-0.15, -0.1) is 0 Å². The van der Waals surface area contributed by atoms with Gasteiger partial charge in [0, 0.05) is 62.3 Å². The van der Waals surface area contributed by atoms with Crippen molar-refractivity contribution in [2.75, 3.05) is 42.5 Å². The van der Waals surface area contributed by atoms with Crippen LogP contribution in [0.2, 0.25) is 5.02 Å². The van der Waals surface area contributed by atoms with Gasteiger partial charge in [-0.1, -0.05) is 17.7 Å². The predicted molar refractivity (Wildman–Crippen MR) is 172 cm³/mol. The molecule has 3 aromatic rings. The van der Waals surface area contributed by atoms with Crippen molar-refractivity contribution in [2.24, 2.45) is 5.92 Å². The van der Waals surface area contributed by atoms with Crippen LogP contribution in [-0.2, 0) is 11.3 Å². The number of ether oxygens (including phenoxy) is 1. The maximum Gasteiger partial charge on any atom is 0.410 e. The van der Waals surface area contributed by atoms with Gasteiger partial charge >= 0.3 is 6.09 Å². The number of pyridine rings is 1. The second kappa shape index (κ2) is 12.4. The third kappa shape index (κ3) is 7.50. The number of nitrogens with two attached hydrogens (primary N) is 1. The van der Waals surface area contributed by atoms with Gasteiger partial charge in [0.1, 0.15) is 11.4 Å². The molecular weight excluding hydrogens is 572 g/mol. The van der Waals surface area contributed by atoms with E-state index in [1.807, 2.05) is 62.1 Å². The van der Waals surface area contributed by atoms with Gasteiger partial charge in [-0.3, -0.25) is 9.58 Å². The van der Waals surface area contributed by atoms with Gasteiger partial charge < -0.3 is 26.0 Å². The quantitative estimate of drug-likeness (QED) is 0.218. The third-order valence-corrected chi connectivity index (χ3v) is 8.15. The Morgan fingerprint density at radius 1 is 1.19 bits per heavy atom. The lowest BCUT2D eigenvalue weighted by Gasteiger charge is -2.38. The number of amides is 1. The monoisotopic (exact) mass is 610 g/mol. The molecular formula is C30H39ClN8O2S. The number of hydrogen-bond donors (Lipinski definition) is 3. The molecule has 0 spiro atoms. The number of anilines is 3. The van der Waals surface area contributed by atoms with Crippen LogP contribution in [-0.4, -0.2) is 67.6 Å². The fourth-order valence-electron chi connectivity index (χ4n) is 4.97. The summed E-state index contributed by atoms with van der Waals surface area (Å²) < 4.78 is 7.49. The van der Waals surface area contributed by atoms with Crippen LogP contribution in [0.15, 0.2) is 42.9 Å². The maximum atomic E-state index is 12.4. The van der Waals surface area contributed by atoms with E-state index in [0.717, 1.165) is 42.2 Å². The molecule has 42 heavy (non-hydrogen) atoms. The van der Waals surface area contributed by atoms with Crippen LogP contribution >= 0.6 is 23.8 Å². The minimum absolute atomic E-state index is 0.131. The van der Waals surface area contributed by atoms with Crippen molar-refractivity contribution in [1.82, 2.24) is 24.6 Å². The van der Waals surface area contributed by atoms with Crippen molar-refractivity contribution in [3.05, 3.63) is 53.4 Å². The number of piperazine rings is 1. The van der Waals surface area contributed by atoms with Gasteiger partial charge in [0.05, 0.1) is 22.6 Å². The van der Waals surface area contributed by atoms with E-state index < -0.39 is 5.60 Å². The number of benzene rings is 1. The Bertz CT molecular complexity index is 1440. The number of rotatable bonds is 7. The normalized spacial score (nSPS) is 16.6. The largest absolute Gasteiger partial charge is 0.444 e. The maximum absolute atomic E-state index is 12.4. The molecule has 3 heterocycles. The Morgan fingerprint density at radius 3 is 2.62 bits per heavy atom. The Balaban J connectivity index is 1.17. The predicted octanol–water partition coefficient (Wildman–Crippen LogP) is 6.01. The first-order valence-corrected chi connectivity index (χ1v) is 15.1. The molecule has 1 saturated carbocycles. The number of thiocarbonyl (C=S) groups is 1. The van der Waals surface area contributed by atoms with Crippen molar-refractivity contribution in [2.45, 2.75) is 58.7 Å². The summed E-state index contributed by atoms with van der Waals surface area (Å²) in [7, 11) is 0. The molecule has 1 atom stereocenters. The molecule has 1 aliphatic heterocycles. The minimum Gasteiger partial charge on any atom is -0.444 e. The first-order chi connectivity index (χ1) is 20.0. The summed E-state index contributed by atoms with van der Waals surface area (Å²) in [5.74, 6) is 1.35. The van der Waals surface area contributed by atoms with Gasteiger partial charge in [0.15, 0.2) is 5.11 Å². The summed E-state index contributed by atoms with van der Waals surface area (Å²) in [6, 6.07) is 7.90. The lowest BCUT2D eigenvalue weighted by atomic mass is 10.1. The van der Waals surface area contributed by atoms with Crippen LogP contribution in [0.5, 0.6) is 0 Å². The van der Waals surface area contributed by atoms with Gasteiger partial charge in [0.25, 0.3) is 0 Å². The number of carbonyl (C=O) groups is 1. The van der Waals surface area contributed by atoms with E-state index in [0.29, 0.717) is 40.4 Å². The first-order valence-electron chi connectivity index (χ1n) is 14.3. The summed E-state index contributed by atoms with van der Waals surface area (Å²) in [6.45, 7) is 11.5. The molecule has 2 fully saturated rings. The molecule has 1 aromatic carbocycles. The molecule has 1 unspecified atom stereocenters. The lowest BCUT2D eigenvalue weighted by Crippen LogP contribution is -2.50. The standard InChI is InChI=1S/C30H39ClN8O2S/c1-19(37-11-13-38(14-12-37)29(40)41-30(2,3)4)21-9-10-33-25(15-21)36-28(42)35-24-8-7-23(26(31)27(24)32)22-16-34-39(18-22)17-20-5-6-20/h7-10,15-16,18-20H,5-6,11-14,17,32H2,1-4H3,(H2,33,35,36,42). The number of nitrogen functional groups attached to an aromatic ring is 1. The Morgan fingerprint density at radius 2 is 1.93 bits per heavy atom. The number of hydrogen-bond acceptors (Lipinski definition) is 7. The van der Waals surface area contributed by atoms with Gasteiger partial charge in [-0.05, 0) is 82.4 Å². The molecule has 1 saturated heterocycles. The van der Waals surface area contributed by atoms with E-state index >= 15 is 0 Å². The highest BCUT2D eigenvalue weighted by Crippen LogP contribution is 2.37. The number of nitrogens with one attached hydrogen (secondary N) is 2. The number of carbonyl (C=O) groups excluding carboxylic acids is 1. The van der Waals surface area contributed by atoms with Gasteiger partial charge in [-0.25, -0.2) is 9.78 Å². The minimum atomic E-state index is -0.501. The van der Waals surface area contributed by atoms with E-state index in [1.165, 1.54) is 12.8 Å². The lowest BCUT2D eigenvalue weighted by molar-refractivity contribution is 0.0110. The molecule has 10 nitrogen and oxygen atoms in total. The van der Waals surface area contributed by atoms with E-state index in [1.54, 1.807) is 11.1 Å². The number of aromatic nitrogens is 3. The zero-order valence-corrected chi connectivity index (χ0v) is 26.1. The summed E-state index contributed by atoms with van der Waals surface area (Å²) >= 11 is 12.2. The molecule has 1 aliphatic carbocycles. The second-order valence-electron chi connectivity index (χ2n) is 12.0. The highest BCUT2D eigenvalue weighted by molar-refractivity contribution is 7.80. The van der Waals surface area contributed by atoms with E-state index in [-0.39, 0.29) is 12.1 Å². The van der Waals surface area contributed by atoms with Crippen LogP contribution in [0.1, 0.15) is 52.1 Å². The molecule has 4 N–H and O–H groups in total. The molecule has 0 radical (unpaired) electrons.